The molecule has 0 aromatic heterocycles. The summed E-state index contributed by atoms with van der Waals surface area (Å²) in [6, 6.07) is 17.8. The Morgan fingerprint density at radius 1 is 1.03 bits per heavy atom. The smallest absolute Gasteiger partial charge is 0.123 e. The average Bonchev–Trinajstić information content (AvgIpc) is 3.27. The molecule has 0 unspecified atom stereocenters. The van der Waals surface area contributed by atoms with E-state index in [1.54, 1.807) is 18.2 Å². The monoisotopic (exact) mass is 438 g/mol. The molecule has 0 spiro atoms. The predicted octanol–water partition coefficient (Wildman–Crippen LogP) is 3.39. The minimum Gasteiger partial charge on any atom is -0.491 e. The topological polar surface area (TPSA) is 45.2 Å². The molecule has 0 amide bonds. The highest BCUT2D eigenvalue weighted by atomic mass is 16.5. The highest BCUT2D eigenvalue weighted by molar-refractivity contribution is 5.34. The lowest BCUT2D eigenvalue weighted by molar-refractivity contribution is 0.0838. The van der Waals surface area contributed by atoms with Crippen LogP contribution in [0.4, 0.5) is 0 Å². The van der Waals surface area contributed by atoms with Gasteiger partial charge in [-0.1, -0.05) is 42.5 Å². The van der Waals surface area contributed by atoms with E-state index < -0.39 is 0 Å². The third kappa shape index (κ3) is 6.10. The fourth-order valence-corrected chi connectivity index (χ4v) is 5.36. The quantitative estimate of drug-likeness (QED) is 0.583. The number of piperidine rings is 1. The molecular formula is C27H38N2O3. The number of ether oxygens (including phenoxy) is 2. The summed E-state index contributed by atoms with van der Waals surface area (Å²) in [7, 11) is 1.77. The first-order valence-corrected chi connectivity index (χ1v) is 12.1. The molecule has 1 aliphatic carbocycles. The molecule has 0 bridgehead atoms. The first-order valence-electron chi connectivity index (χ1n) is 12.1. The van der Waals surface area contributed by atoms with Crippen LogP contribution < -0.4 is 4.74 Å². The van der Waals surface area contributed by atoms with Crippen LogP contribution in [0.25, 0.3) is 0 Å². The van der Waals surface area contributed by atoms with Crippen molar-refractivity contribution >= 4 is 0 Å². The predicted molar refractivity (Wildman–Crippen MR) is 128 cm³/mol. The van der Waals surface area contributed by atoms with E-state index in [1.807, 2.05) is 12.1 Å². The van der Waals surface area contributed by atoms with Gasteiger partial charge in [-0.3, -0.25) is 9.80 Å². The van der Waals surface area contributed by atoms with Gasteiger partial charge in [0.2, 0.25) is 0 Å². The zero-order valence-corrected chi connectivity index (χ0v) is 19.4. The van der Waals surface area contributed by atoms with Gasteiger partial charge in [-0.25, -0.2) is 0 Å². The maximum atomic E-state index is 9.15. The van der Waals surface area contributed by atoms with Gasteiger partial charge in [-0.2, -0.15) is 0 Å². The van der Waals surface area contributed by atoms with Gasteiger partial charge in [0, 0.05) is 44.9 Å². The summed E-state index contributed by atoms with van der Waals surface area (Å²) in [5.74, 6) is 1.55. The van der Waals surface area contributed by atoms with Crippen LogP contribution in [0.5, 0.6) is 5.75 Å². The Balaban J connectivity index is 1.37. The Kier molecular flexibility index (Phi) is 8.57. The SMILES string of the molecule is COCCN(Cc1ccccc1OCCO)C[C@@H]1CCCN(C2Cc3ccccc3C2)C1. The summed E-state index contributed by atoms with van der Waals surface area (Å²) >= 11 is 0. The highest BCUT2D eigenvalue weighted by Crippen LogP contribution is 2.29. The molecule has 2 aliphatic rings. The van der Waals surface area contributed by atoms with E-state index in [-0.39, 0.29) is 6.61 Å². The second kappa shape index (κ2) is 11.8. The molecule has 32 heavy (non-hydrogen) atoms. The number of hydrogen-bond donors (Lipinski definition) is 1. The Morgan fingerprint density at radius 2 is 1.78 bits per heavy atom. The van der Waals surface area contributed by atoms with E-state index >= 15 is 0 Å². The number of aliphatic hydroxyl groups excluding tert-OH is 1. The largest absolute Gasteiger partial charge is 0.491 e. The van der Waals surface area contributed by atoms with E-state index in [0.717, 1.165) is 32.0 Å². The number of methoxy groups -OCH3 is 1. The van der Waals surface area contributed by atoms with Crippen LogP contribution in [0.3, 0.4) is 0 Å². The van der Waals surface area contributed by atoms with Crippen LogP contribution in [-0.2, 0) is 24.1 Å². The van der Waals surface area contributed by atoms with Crippen molar-refractivity contribution in [3.8, 4) is 5.75 Å². The van der Waals surface area contributed by atoms with Gasteiger partial charge in [0.05, 0.1) is 13.2 Å². The summed E-state index contributed by atoms with van der Waals surface area (Å²) in [4.78, 5) is 5.27. The second-order valence-electron chi connectivity index (χ2n) is 9.24. The molecule has 1 saturated heterocycles. The Morgan fingerprint density at radius 3 is 2.53 bits per heavy atom. The van der Waals surface area contributed by atoms with E-state index in [9.17, 15) is 0 Å². The number of aliphatic hydroxyl groups is 1. The highest BCUT2D eigenvalue weighted by Gasteiger charge is 2.31. The standard InChI is InChI=1S/C27H38N2O3/c1-31-15-13-28(21-25-10-4-5-11-27(25)32-16-14-30)19-22-7-6-12-29(20-22)26-17-23-8-2-3-9-24(23)18-26/h2-5,8-11,22,26,30H,6-7,12-21H2,1H3/t22-/m0/s1. The van der Waals surface area contributed by atoms with Crippen LogP contribution in [-0.4, -0.2) is 74.1 Å². The average molecular weight is 439 g/mol. The number of likely N-dealkylation sites (tertiary alicyclic amines) is 1. The van der Waals surface area contributed by atoms with Crippen molar-refractivity contribution in [3.05, 3.63) is 65.2 Å². The van der Waals surface area contributed by atoms with E-state index in [2.05, 4.69) is 46.2 Å². The summed E-state index contributed by atoms with van der Waals surface area (Å²) < 4.78 is 11.2. The van der Waals surface area contributed by atoms with E-state index in [0.29, 0.717) is 18.6 Å². The van der Waals surface area contributed by atoms with Crippen molar-refractivity contribution < 1.29 is 14.6 Å². The van der Waals surface area contributed by atoms with Crippen molar-refractivity contribution in [1.29, 1.82) is 0 Å². The molecule has 2 aromatic carbocycles. The molecule has 1 atom stereocenters. The van der Waals surface area contributed by atoms with Crippen molar-refractivity contribution in [1.82, 2.24) is 9.80 Å². The fraction of sp³-hybridized carbons (Fsp3) is 0.556. The molecular weight excluding hydrogens is 400 g/mol. The molecule has 1 heterocycles. The minimum atomic E-state index is 0.0324. The molecule has 1 aliphatic heterocycles. The van der Waals surface area contributed by atoms with Crippen molar-refractivity contribution in [2.45, 2.75) is 38.3 Å². The number of para-hydroxylation sites is 1. The van der Waals surface area contributed by atoms with Crippen molar-refractivity contribution in [3.63, 3.8) is 0 Å². The molecule has 174 valence electrons. The van der Waals surface area contributed by atoms with Crippen LogP contribution in [0.15, 0.2) is 48.5 Å². The summed E-state index contributed by atoms with van der Waals surface area (Å²) in [5.41, 5.74) is 4.26. The zero-order chi connectivity index (χ0) is 22.2. The number of nitrogens with zero attached hydrogens (tertiary/aromatic N) is 2. The number of benzene rings is 2. The Labute approximate surface area is 192 Å². The molecule has 5 nitrogen and oxygen atoms in total. The molecule has 0 saturated carbocycles. The summed E-state index contributed by atoms with van der Waals surface area (Å²) in [5, 5.41) is 9.15. The number of hydrogen-bond acceptors (Lipinski definition) is 5. The van der Waals surface area contributed by atoms with Crippen molar-refractivity contribution in [2.24, 2.45) is 5.92 Å². The molecule has 4 rings (SSSR count). The second-order valence-corrected chi connectivity index (χ2v) is 9.24. The van der Waals surface area contributed by atoms with Gasteiger partial charge in [0.15, 0.2) is 0 Å². The normalized spacial score (nSPS) is 19.4. The van der Waals surface area contributed by atoms with Gasteiger partial charge in [0.1, 0.15) is 12.4 Å². The lowest BCUT2D eigenvalue weighted by Crippen LogP contribution is -2.46. The van der Waals surface area contributed by atoms with Gasteiger partial charge in [-0.05, 0) is 55.3 Å². The van der Waals surface area contributed by atoms with Crippen LogP contribution in [0, 0.1) is 5.92 Å². The van der Waals surface area contributed by atoms with Gasteiger partial charge in [-0.15, -0.1) is 0 Å². The van der Waals surface area contributed by atoms with Gasteiger partial charge in [0.25, 0.3) is 0 Å². The summed E-state index contributed by atoms with van der Waals surface area (Å²) in [6.07, 6.45) is 4.98. The van der Waals surface area contributed by atoms with Crippen LogP contribution in [0.2, 0.25) is 0 Å². The van der Waals surface area contributed by atoms with Gasteiger partial charge < -0.3 is 14.6 Å². The maximum Gasteiger partial charge on any atom is 0.123 e. The molecule has 1 fully saturated rings. The molecule has 2 aromatic rings. The third-order valence-electron chi connectivity index (χ3n) is 6.94. The lowest BCUT2D eigenvalue weighted by Gasteiger charge is -2.39. The first kappa shape index (κ1) is 23.2. The molecule has 1 N–H and O–H groups in total. The first-order chi connectivity index (χ1) is 15.8. The molecule has 5 heteroatoms. The van der Waals surface area contributed by atoms with E-state index in [1.165, 1.54) is 44.3 Å². The maximum absolute atomic E-state index is 9.15. The summed E-state index contributed by atoms with van der Waals surface area (Å²) in [6.45, 7) is 6.34. The van der Waals surface area contributed by atoms with Crippen LogP contribution >= 0.6 is 0 Å². The van der Waals surface area contributed by atoms with Crippen LogP contribution in [0.1, 0.15) is 29.5 Å². The zero-order valence-electron chi connectivity index (χ0n) is 19.4. The number of fused-ring (bicyclic) bond motifs is 1. The lowest BCUT2D eigenvalue weighted by atomic mass is 9.95. The Bertz CT molecular complexity index is 818. The van der Waals surface area contributed by atoms with Crippen molar-refractivity contribution in [2.75, 3.05) is 53.1 Å². The van der Waals surface area contributed by atoms with Gasteiger partial charge >= 0.3 is 0 Å². The van der Waals surface area contributed by atoms with E-state index in [4.69, 9.17) is 14.6 Å². The third-order valence-corrected chi connectivity index (χ3v) is 6.94. The Hall–Kier alpha value is -1.92. The number of rotatable bonds is 11. The minimum absolute atomic E-state index is 0.0324. The fourth-order valence-electron chi connectivity index (χ4n) is 5.36. The molecule has 0 radical (unpaired) electrons.